The van der Waals surface area contributed by atoms with Gasteiger partial charge in [0.05, 0.1) is 17.4 Å². The van der Waals surface area contributed by atoms with Gasteiger partial charge in [-0.1, -0.05) is 30.3 Å². The molecule has 5 heteroatoms. The van der Waals surface area contributed by atoms with Gasteiger partial charge in [0.25, 0.3) is 5.91 Å². The van der Waals surface area contributed by atoms with E-state index in [1.807, 2.05) is 66.3 Å². The van der Waals surface area contributed by atoms with Crippen molar-refractivity contribution in [2.75, 3.05) is 18.5 Å². The molecule has 0 saturated carbocycles. The maximum Gasteiger partial charge on any atom is 0.257 e. The average Bonchev–Trinajstić information content (AvgIpc) is 3.29. The Morgan fingerprint density at radius 1 is 1.23 bits per heavy atom. The number of nitrogens with zero attached hydrogens (tertiary/aromatic N) is 1. The SMILES string of the molecule is Cn1cc(C(=O)Nc2ccccc2OCC2CCCO2)c2ccccc21. The number of fused-ring (bicyclic) bond motifs is 1. The van der Waals surface area contributed by atoms with Crippen molar-refractivity contribution in [1.82, 2.24) is 4.57 Å². The number of hydrogen-bond donors (Lipinski definition) is 1. The second kappa shape index (κ2) is 7.22. The van der Waals surface area contributed by atoms with E-state index in [1.54, 1.807) is 0 Å². The number of amides is 1. The molecule has 0 spiro atoms. The summed E-state index contributed by atoms with van der Waals surface area (Å²) in [6, 6.07) is 15.4. The predicted octanol–water partition coefficient (Wildman–Crippen LogP) is 3.99. The van der Waals surface area contributed by atoms with Crippen LogP contribution in [0.25, 0.3) is 10.9 Å². The summed E-state index contributed by atoms with van der Waals surface area (Å²) in [7, 11) is 1.94. The van der Waals surface area contributed by atoms with Crippen molar-refractivity contribution < 1.29 is 14.3 Å². The van der Waals surface area contributed by atoms with E-state index in [0.717, 1.165) is 30.4 Å². The summed E-state index contributed by atoms with van der Waals surface area (Å²) in [6.45, 7) is 1.30. The van der Waals surface area contributed by atoms with Gasteiger partial charge in [0.15, 0.2) is 0 Å². The quantitative estimate of drug-likeness (QED) is 0.757. The Balaban J connectivity index is 1.53. The van der Waals surface area contributed by atoms with E-state index < -0.39 is 0 Å². The predicted molar refractivity (Wildman–Crippen MR) is 102 cm³/mol. The highest BCUT2D eigenvalue weighted by Crippen LogP contribution is 2.27. The maximum absolute atomic E-state index is 12.8. The number of benzene rings is 2. The van der Waals surface area contributed by atoms with Gasteiger partial charge in [0.2, 0.25) is 0 Å². The lowest BCUT2D eigenvalue weighted by atomic mass is 10.1. The molecule has 2 heterocycles. The van der Waals surface area contributed by atoms with Crippen LogP contribution in [0.3, 0.4) is 0 Å². The van der Waals surface area contributed by atoms with Crippen LogP contribution in [0.1, 0.15) is 23.2 Å². The molecule has 5 nitrogen and oxygen atoms in total. The van der Waals surface area contributed by atoms with Crippen molar-refractivity contribution in [2.24, 2.45) is 7.05 Å². The molecule has 1 N–H and O–H groups in total. The van der Waals surface area contributed by atoms with Gasteiger partial charge >= 0.3 is 0 Å². The van der Waals surface area contributed by atoms with Crippen LogP contribution >= 0.6 is 0 Å². The molecule has 0 aliphatic carbocycles. The molecule has 1 atom stereocenters. The summed E-state index contributed by atoms with van der Waals surface area (Å²) in [5.41, 5.74) is 2.35. The Morgan fingerprint density at radius 3 is 2.88 bits per heavy atom. The van der Waals surface area contributed by atoms with Crippen LogP contribution in [-0.2, 0) is 11.8 Å². The lowest BCUT2D eigenvalue weighted by Crippen LogP contribution is -2.18. The zero-order valence-electron chi connectivity index (χ0n) is 14.8. The number of nitrogens with one attached hydrogen (secondary N) is 1. The second-order valence-corrected chi connectivity index (χ2v) is 6.57. The number of carbonyl (C=O) groups excluding carboxylic acids is 1. The van der Waals surface area contributed by atoms with E-state index in [9.17, 15) is 4.79 Å². The van der Waals surface area contributed by atoms with Gasteiger partial charge in [-0.2, -0.15) is 0 Å². The molecule has 2 aromatic carbocycles. The highest BCUT2D eigenvalue weighted by atomic mass is 16.5. The normalized spacial score (nSPS) is 16.7. The van der Waals surface area contributed by atoms with Crippen LogP contribution in [0.2, 0.25) is 0 Å². The van der Waals surface area contributed by atoms with E-state index >= 15 is 0 Å². The van der Waals surface area contributed by atoms with Crippen LogP contribution in [0.5, 0.6) is 5.75 Å². The van der Waals surface area contributed by atoms with Crippen LogP contribution < -0.4 is 10.1 Å². The number of ether oxygens (including phenoxy) is 2. The monoisotopic (exact) mass is 350 g/mol. The number of carbonyl (C=O) groups is 1. The first kappa shape index (κ1) is 16.7. The summed E-state index contributed by atoms with van der Waals surface area (Å²) in [5.74, 6) is 0.520. The fraction of sp³-hybridized carbons (Fsp3) is 0.286. The third kappa shape index (κ3) is 3.30. The maximum atomic E-state index is 12.8. The Labute approximate surface area is 152 Å². The Kier molecular flexibility index (Phi) is 4.63. The zero-order valence-corrected chi connectivity index (χ0v) is 14.8. The number of aromatic nitrogens is 1. The Morgan fingerprint density at radius 2 is 2.04 bits per heavy atom. The average molecular weight is 350 g/mol. The third-order valence-electron chi connectivity index (χ3n) is 4.73. The number of aryl methyl sites for hydroxylation is 1. The van der Waals surface area contributed by atoms with Crippen LogP contribution in [0.15, 0.2) is 54.7 Å². The summed E-state index contributed by atoms with van der Waals surface area (Å²) in [6.07, 6.45) is 4.09. The van der Waals surface area contributed by atoms with Gasteiger partial charge in [-0.15, -0.1) is 0 Å². The second-order valence-electron chi connectivity index (χ2n) is 6.57. The van der Waals surface area contributed by atoms with Gasteiger partial charge in [-0.05, 0) is 31.0 Å². The Hall–Kier alpha value is -2.79. The van der Waals surface area contributed by atoms with Gasteiger partial charge in [-0.25, -0.2) is 0 Å². The summed E-state index contributed by atoms with van der Waals surface area (Å²) in [5, 5.41) is 3.93. The molecular weight excluding hydrogens is 328 g/mol. The molecule has 26 heavy (non-hydrogen) atoms. The summed E-state index contributed by atoms with van der Waals surface area (Å²) in [4.78, 5) is 12.8. The van der Waals surface area contributed by atoms with Crippen molar-refractivity contribution in [1.29, 1.82) is 0 Å². The number of para-hydroxylation sites is 3. The van der Waals surface area contributed by atoms with E-state index in [0.29, 0.717) is 23.6 Å². The van der Waals surface area contributed by atoms with Crippen LogP contribution in [0.4, 0.5) is 5.69 Å². The molecule has 1 amide bonds. The molecule has 0 bridgehead atoms. The highest BCUT2D eigenvalue weighted by Gasteiger charge is 2.18. The molecule has 134 valence electrons. The van der Waals surface area contributed by atoms with Crippen LogP contribution in [0, 0.1) is 0 Å². The topological polar surface area (TPSA) is 52.5 Å². The first-order valence-corrected chi connectivity index (χ1v) is 8.91. The van der Waals surface area contributed by atoms with Crippen molar-refractivity contribution in [2.45, 2.75) is 18.9 Å². The Bertz CT molecular complexity index is 926. The molecule has 1 unspecified atom stereocenters. The van der Waals surface area contributed by atoms with Gasteiger partial charge in [0, 0.05) is 30.8 Å². The van der Waals surface area contributed by atoms with E-state index in [-0.39, 0.29) is 12.0 Å². The first-order chi connectivity index (χ1) is 12.7. The molecule has 0 radical (unpaired) electrons. The number of rotatable bonds is 5. The lowest BCUT2D eigenvalue weighted by molar-refractivity contribution is 0.0682. The summed E-state index contributed by atoms with van der Waals surface area (Å²) < 4.78 is 13.5. The standard InChI is InChI=1S/C21H22N2O3/c1-23-13-17(16-8-2-4-10-19(16)23)21(24)22-18-9-3-5-11-20(18)26-14-15-7-6-12-25-15/h2-5,8-11,13,15H,6-7,12,14H2,1H3,(H,22,24). The van der Waals surface area contributed by atoms with Gasteiger partial charge in [-0.3, -0.25) is 4.79 Å². The molecule has 1 saturated heterocycles. The van der Waals surface area contributed by atoms with E-state index in [2.05, 4.69) is 5.32 Å². The molecule has 1 aromatic heterocycles. The fourth-order valence-corrected chi connectivity index (χ4v) is 3.37. The molecule has 1 aliphatic heterocycles. The highest BCUT2D eigenvalue weighted by molar-refractivity contribution is 6.13. The van der Waals surface area contributed by atoms with Crippen molar-refractivity contribution in [3.63, 3.8) is 0 Å². The minimum Gasteiger partial charge on any atom is -0.489 e. The lowest BCUT2D eigenvalue weighted by Gasteiger charge is -2.15. The van der Waals surface area contributed by atoms with Crippen molar-refractivity contribution in [3.8, 4) is 5.75 Å². The largest absolute Gasteiger partial charge is 0.489 e. The van der Waals surface area contributed by atoms with E-state index in [1.165, 1.54) is 0 Å². The third-order valence-corrected chi connectivity index (χ3v) is 4.73. The number of hydrogen-bond acceptors (Lipinski definition) is 3. The number of anilines is 1. The first-order valence-electron chi connectivity index (χ1n) is 8.91. The summed E-state index contributed by atoms with van der Waals surface area (Å²) >= 11 is 0. The molecule has 1 aliphatic rings. The zero-order chi connectivity index (χ0) is 17.9. The smallest absolute Gasteiger partial charge is 0.257 e. The van der Waals surface area contributed by atoms with Crippen molar-refractivity contribution in [3.05, 3.63) is 60.3 Å². The minimum absolute atomic E-state index is 0.136. The van der Waals surface area contributed by atoms with Gasteiger partial charge < -0.3 is 19.4 Å². The molecule has 1 fully saturated rings. The molecule has 3 aromatic rings. The van der Waals surface area contributed by atoms with E-state index in [4.69, 9.17) is 9.47 Å². The van der Waals surface area contributed by atoms with Crippen molar-refractivity contribution >= 4 is 22.5 Å². The fourth-order valence-electron chi connectivity index (χ4n) is 3.37. The minimum atomic E-state index is -0.144. The van der Waals surface area contributed by atoms with Gasteiger partial charge in [0.1, 0.15) is 12.4 Å². The molecule has 4 rings (SSSR count). The molecular formula is C21H22N2O3. The van der Waals surface area contributed by atoms with Crippen LogP contribution in [-0.4, -0.2) is 29.8 Å².